The van der Waals surface area contributed by atoms with Crippen LogP contribution in [0.15, 0.2) is 0 Å². The highest BCUT2D eigenvalue weighted by atomic mass is 16.5. The van der Waals surface area contributed by atoms with Gasteiger partial charge in [0.15, 0.2) is 0 Å². The summed E-state index contributed by atoms with van der Waals surface area (Å²) in [5, 5.41) is 0. The molecule has 1 unspecified atom stereocenters. The molecule has 2 fully saturated rings. The summed E-state index contributed by atoms with van der Waals surface area (Å²) in [5.74, 6) is 0.447. The van der Waals surface area contributed by atoms with Gasteiger partial charge in [-0.2, -0.15) is 0 Å². The van der Waals surface area contributed by atoms with Gasteiger partial charge in [0.25, 0.3) is 0 Å². The Kier molecular flexibility index (Phi) is 6.06. The molecule has 0 aromatic heterocycles. The van der Waals surface area contributed by atoms with Gasteiger partial charge in [-0.3, -0.25) is 9.59 Å². The third-order valence-electron chi connectivity index (χ3n) is 4.97. The van der Waals surface area contributed by atoms with E-state index in [-0.39, 0.29) is 11.8 Å². The van der Waals surface area contributed by atoms with E-state index in [1.807, 2.05) is 6.92 Å². The van der Waals surface area contributed by atoms with Crippen LogP contribution in [0.25, 0.3) is 0 Å². The Hall–Kier alpha value is -0.860. The molecule has 0 amide bonds. The number of hydrogen-bond donors (Lipinski definition) is 0. The zero-order valence-corrected chi connectivity index (χ0v) is 12.7. The maximum Gasteiger partial charge on any atom is 0.316 e. The van der Waals surface area contributed by atoms with Crippen molar-refractivity contribution in [3.63, 3.8) is 0 Å². The molecule has 0 aromatic carbocycles. The highest BCUT2D eigenvalue weighted by Crippen LogP contribution is 2.33. The SMILES string of the molecule is CCOC(=O)C(CC1CCCC1)C(=O)CC1CCCC1. The van der Waals surface area contributed by atoms with E-state index in [2.05, 4.69) is 0 Å². The van der Waals surface area contributed by atoms with Gasteiger partial charge in [0, 0.05) is 6.42 Å². The molecule has 2 saturated carbocycles. The number of carbonyl (C=O) groups excluding carboxylic acids is 2. The van der Waals surface area contributed by atoms with Crippen molar-refractivity contribution in [2.75, 3.05) is 6.61 Å². The van der Waals surface area contributed by atoms with E-state index in [9.17, 15) is 9.59 Å². The molecule has 0 saturated heterocycles. The van der Waals surface area contributed by atoms with Crippen molar-refractivity contribution in [2.45, 2.75) is 71.1 Å². The Balaban J connectivity index is 1.92. The van der Waals surface area contributed by atoms with Crippen molar-refractivity contribution in [1.82, 2.24) is 0 Å². The Labute approximate surface area is 122 Å². The number of esters is 1. The van der Waals surface area contributed by atoms with Crippen molar-refractivity contribution >= 4 is 11.8 Å². The van der Waals surface area contributed by atoms with Crippen LogP contribution in [0.4, 0.5) is 0 Å². The van der Waals surface area contributed by atoms with Gasteiger partial charge in [0.05, 0.1) is 6.61 Å². The van der Waals surface area contributed by atoms with Crippen molar-refractivity contribution in [3.05, 3.63) is 0 Å². The number of ether oxygens (including phenoxy) is 1. The molecule has 3 heteroatoms. The van der Waals surface area contributed by atoms with Gasteiger partial charge in [0.1, 0.15) is 11.7 Å². The first-order valence-electron chi connectivity index (χ1n) is 8.40. The maximum absolute atomic E-state index is 12.5. The average Bonchev–Trinajstić information content (AvgIpc) is 3.08. The predicted molar refractivity (Wildman–Crippen MR) is 78.3 cm³/mol. The number of hydrogen-bond acceptors (Lipinski definition) is 3. The molecular formula is C17H28O3. The largest absolute Gasteiger partial charge is 0.465 e. The zero-order chi connectivity index (χ0) is 14.4. The molecule has 0 aliphatic heterocycles. The molecular weight excluding hydrogens is 252 g/mol. The lowest BCUT2D eigenvalue weighted by Crippen LogP contribution is -2.29. The summed E-state index contributed by atoms with van der Waals surface area (Å²) < 4.78 is 5.14. The Morgan fingerprint density at radius 1 is 1.00 bits per heavy atom. The Morgan fingerprint density at radius 3 is 2.10 bits per heavy atom. The second-order valence-electron chi connectivity index (χ2n) is 6.51. The number of rotatable bonds is 7. The lowest BCUT2D eigenvalue weighted by Gasteiger charge is -2.19. The van der Waals surface area contributed by atoms with Crippen molar-refractivity contribution in [1.29, 1.82) is 0 Å². The first-order chi connectivity index (χ1) is 9.70. The monoisotopic (exact) mass is 280 g/mol. The summed E-state index contributed by atoms with van der Waals surface area (Å²) in [5.41, 5.74) is 0. The summed E-state index contributed by atoms with van der Waals surface area (Å²) in [6.45, 7) is 2.18. The fourth-order valence-corrected chi connectivity index (χ4v) is 3.82. The van der Waals surface area contributed by atoms with Crippen LogP contribution in [0.5, 0.6) is 0 Å². The predicted octanol–water partition coefficient (Wildman–Crippen LogP) is 3.90. The van der Waals surface area contributed by atoms with E-state index in [0.717, 1.165) is 19.3 Å². The minimum Gasteiger partial charge on any atom is -0.465 e. The first kappa shape index (κ1) is 15.5. The van der Waals surface area contributed by atoms with Gasteiger partial charge in [-0.15, -0.1) is 0 Å². The molecule has 0 aromatic rings. The normalized spacial score (nSPS) is 22.1. The Bertz CT molecular complexity index is 325. The zero-order valence-electron chi connectivity index (χ0n) is 12.7. The van der Waals surface area contributed by atoms with Crippen molar-refractivity contribution < 1.29 is 14.3 Å². The Morgan fingerprint density at radius 2 is 1.55 bits per heavy atom. The molecule has 0 radical (unpaired) electrons. The van der Waals surface area contributed by atoms with Crippen molar-refractivity contribution in [3.8, 4) is 0 Å². The molecule has 114 valence electrons. The second-order valence-corrected chi connectivity index (χ2v) is 6.51. The van der Waals surface area contributed by atoms with Crippen LogP contribution in [-0.4, -0.2) is 18.4 Å². The summed E-state index contributed by atoms with van der Waals surface area (Å²) in [7, 11) is 0. The van der Waals surface area contributed by atoms with Gasteiger partial charge in [-0.1, -0.05) is 51.4 Å². The molecule has 0 bridgehead atoms. The molecule has 0 spiro atoms. The molecule has 20 heavy (non-hydrogen) atoms. The first-order valence-corrected chi connectivity index (χ1v) is 8.40. The smallest absolute Gasteiger partial charge is 0.316 e. The quantitative estimate of drug-likeness (QED) is 0.525. The van der Waals surface area contributed by atoms with Gasteiger partial charge in [-0.25, -0.2) is 0 Å². The number of carbonyl (C=O) groups is 2. The summed E-state index contributed by atoms with van der Waals surface area (Å²) in [6, 6.07) is 0. The van der Waals surface area contributed by atoms with E-state index >= 15 is 0 Å². The summed E-state index contributed by atoms with van der Waals surface area (Å²) in [4.78, 5) is 24.6. The minimum absolute atomic E-state index is 0.141. The van der Waals surface area contributed by atoms with Crippen LogP contribution >= 0.6 is 0 Å². The van der Waals surface area contributed by atoms with Crippen molar-refractivity contribution in [2.24, 2.45) is 17.8 Å². The fourth-order valence-electron chi connectivity index (χ4n) is 3.82. The maximum atomic E-state index is 12.5. The van der Waals surface area contributed by atoms with E-state index in [1.165, 1.54) is 38.5 Å². The molecule has 0 N–H and O–H groups in total. The van der Waals surface area contributed by atoms with Crippen LogP contribution in [0.1, 0.15) is 71.1 Å². The summed E-state index contributed by atoms with van der Waals surface area (Å²) in [6.07, 6.45) is 11.0. The van der Waals surface area contributed by atoms with E-state index in [0.29, 0.717) is 24.9 Å². The highest BCUT2D eigenvalue weighted by Gasteiger charge is 2.33. The number of ketones is 1. The van der Waals surface area contributed by atoms with Crippen LogP contribution in [0.3, 0.4) is 0 Å². The summed E-state index contributed by atoms with van der Waals surface area (Å²) >= 11 is 0. The highest BCUT2D eigenvalue weighted by molar-refractivity contribution is 5.99. The second kappa shape index (κ2) is 7.80. The molecule has 3 nitrogen and oxygen atoms in total. The number of Topliss-reactive ketones (excluding diaryl/α,β-unsaturated/α-hetero) is 1. The van der Waals surface area contributed by atoms with Gasteiger partial charge in [-0.05, 0) is 25.2 Å². The lowest BCUT2D eigenvalue weighted by molar-refractivity contribution is -0.152. The lowest BCUT2D eigenvalue weighted by atomic mass is 9.86. The fraction of sp³-hybridized carbons (Fsp3) is 0.882. The third-order valence-corrected chi connectivity index (χ3v) is 4.97. The average molecular weight is 280 g/mol. The standard InChI is InChI=1S/C17H28O3/c1-2-20-17(19)15(11-13-7-3-4-8-13)16(18)12-14-9-5-6-10-14/h13-15H,2-12H2,1H3. The van der Waals surface area contributed by atoms with E-state index in [4.69, 9.17) is 4.74 Å². The van der Waals surface area contributed by atoms with E-state index in [1.54, 1.807) is 0 Å². The molecule has 0 heterocycles. The van der Waals surface area contributed by atoms with Crippen LogP contribution in [0.2, 0.25) is 0 Å². The molecule has 2 rings (SSSR count). The molecule has 2 aliphatic rings. The van der Waals surface area contributed by atoms with Crippen LogP contribution in [0, 0.1) is 17.8 Å². The molecule has 2 aliphatic carbocycles. The topological polar surface area (TPSA) is 43.4 Å². The van der Waals surface area contributed by atoms with Gasteiger partial charge < -0.3 is 4.74 Å². The third kappa shape index (κ3) is 4.32. The molecule has 1 atom stereocenters. The van der Waals surface area contributed by atoms with Crippen LogP contribution < -0.4 is 0 Å². The van der Waals surface area contributed by atoms with Gasteiger partial charge >= 0.3 is 5.97 Å². The van der Waals surface area contributed by atoms with Gasteiger partial charge in [0.2, 0.25) is 0 Å². The van der Waals surface area contributed by atoms with E-state index < -0.39 is 5.92 Å². The van der Waals surface area contributed by atoms with Crippen LogP contribution in [-0.2, 0) is 14.3 Å². The minimum atomic E-state index is -0.487.